The van der Waals surface area contributed by atoms with E-state index >= 15 is 0 Å². The summed E-state index contributed by atoms with van der Waals surface area (Å²) in [5, 5.41) is 6.15. The van der Waals surface area contributed by atoms with Crippen LogP contribution < -0.4 is 19.6 Å². The molecule has 0 spiro atoms. The van der Waals surface area contributed by atoms with Gasteiger partial charge in [-0.1, -0.05) is 30.3 Å². The molecule has 0 saturated carbocycles. The van der Waals surface area contributed by atoms with Gasteiger partial charge in [-0.15, -0.1) is 0 Å². The minimum Gasteiger partial charge on any atom is -0.493 e. The summed E-state index contributed by atoms with van der Waals surface area (Å²) in [5.74, 6) is 1.55. The second-order valence-corrected chi connectivity index (χ2v) is 6.67. The van der Waals surface area contributed by atoms with Crippen LogP contribution in [0.25, 0.3) is 10.8 Å². The molecule has 3 aromatic rings. The highest BCUT2D eigenvalue weighted by Crippen LogP contribution is 2.28. The standard InChI is InChI=1S/C23H24N2O4/c1-16(2)29-21-11-8-17(12-22(21)27-3)14-24-25-23(26)15-28-20-10-9-18-6-4-5-7-19(18)13-20/h4-14,16H,15H2,1-3H3,(H,25,26)/b24-14+. The van der Waals surface area contributed by atoms with Crippen LogP contribution in [0.5, 0.6) is 17.2 Å². The molecule has 0 aliphatic heterocycles. The van der Waals surface area contributed by atoms with E-state index in [2.05, 4.69) is 10.5 Å². The molecule has 0 fully saturated rings. The lowest BCUT2D eigenvalue weighted by Gasteiger charge is -2.13. The molecular weight excluding hydrogens is 368 g/mol. The molecule has 0 bridgehead atoms. The summed E-state index contributed by atoms with van der Waals surface area (Å²) < 4.78 is 16.6. The molecule has 0 atom stereocenters. The van der Waals surface area contributed by atoms with Gasteiger partial charge in [0.15, 0.2) is 18.1 Å². The first-order valence-corrected chi connectivity index (χ1v) is 9.33. The number of hydrazone groups is 1. The lowest BCUT2D eigenvalue weighted by molar-refractivity contribution is -0.123. The molecule has 29 heavy (non-hydrogen) atoms. The van der Waals surface area contributed by atoms with Crippen molar-refractivity contribution >= 4 is 22.9 Å². The van der Waals surface area contributed by atoms with Gasteiger partial charge in [0, 0.05) is 0 Å². The number of carbonyl (C=O) groups is 1. The number of carbonyl (C=O) groups excluding carboxylic acids is 1. The van der Waals surface area contributed by atoms with Crippen molar-refractivity contribution in [2.24, 2.45) is 5.10 Å². The van der Waals surface area contributed by atoms with Crippen LogP contribution in [0, 0.1) is 0 Å². The topological polar surface area (TPSA) is 69.2 Å². The molecular formula is C23H24N2O4. The van der Waals surface area contributed by atoms with Crippen LogP contribution in [0.3, 0.4) is 0 Å². The van der Waals surface area contributed by atoms with E-state index in [1.54, 1.807) is 13.2 Å². The zero-order valence-electron chi connectivity index (χ0n) is 16.7. The number of nitrogens with one attached hydrogen (secondary N) is 1. The van der Waals surface area contributed by atoms with Gasteiger partial charge >= 0.3 is 0 Å². The van der Waals surface area contributed by atoms with E-state index in [4.69, 9.17) is 14.2 Å². The van der Waals surface area contributed by atoms with E-state index in [1.807, 2.05) is 68.4 Å². The number of hydrogen-bond donors (Lipinski definition) is 1. The van der Waals surface area contributed by atoms with Crippen LogP contribution in [0.1, 0.15) is 19.4 Å². The van der Waals surface area contributed by atoms with E-state index in [0.717, 1.165) is 16.3 Å². The fraction of sp³-hybridized carbons (Fsp3) is 0.217. The number of ether oxygens (including phenoxy) is 3. The molecule has 6 nitrogen and oxygen atoms in total. The van der Waals surface area contributed by atoms with Crippen LogP contribution >= 0.6 is 0 Å². The Bertz CT molecular complexity index is 1010. The number of hydrogen-bond acceptors (Lipinski definition) is 5. The second kappa shape index (κ2) is 9.59. The van der Waals surface area contributed by atoms with Gasteiger partial charge in [-0.2, -0.15) is 5.10 Å². The average molecular weight is 392 g/mol. The van der Waals surface area contributed by atoms with E-state index in [1.165, 1.54) is 6.21 Å². The first kappa shape index (κ1) is 20.2. The van der Waals surface area contributed by atoms with Gasteiger partial charge in [0.2, 0.25) is 0 Å². The van der Waals surface area contributed by atoms with Crippen LogP contribution in [0.4, 0.5) is 0 Å². The Kier molecular flexibility index (Phi) is 6.68. The van der Waals surface area contributed by atoms with Crippen molar-refractivity contribution in [3.63, 3.8) is 0 Å². The van der Waals surface area contributed by atoms with Crippen LogP contribution in [-0.4, -0.2) is 31.9 Å². The largest absolute Gasteiger partial charge is 0.493 e. The normalized spacial score (nSPS) is 11.0. The van der Waals surface area contributed by atoms with Gasteiger partial charge in [-0.3, -0.25) is 4.79 Å². The second-order valence-electron chi connectivity index (χ2n) is 6.67. The Morgan fingerprint density at radius 1 is 1.03 bits per heavy atom. The lowest BCUT2D eigenvalue weighted by atomic mass is 10.1. The Morgan fingerprint density at radius 3 is 2.59 bits per heavy atom. The minimum absolute atomic E-state index is 0.0466. The van der Waals surface area contributed by atoms with Crippen LogP contribution in [0.15, 0.2) is 65.8 Å². The highest BCUT2D eigenvalue weighted by atomic mass is 16.5. The van der Waals surface area contributed by atoms with Crippen molar-refractivity contribution in [3.8, 4) is 17.2 Å². The molecule has 3 aromatic carbocycles. The molecule has 3 rings (SSSR count). The Balaban J connectivity index is 1.53. The highest BCUT2D eigenvalue weighted by molar-refractivity contribution is 5.85. The van der Waals surface area contributed by atoms with Crippen LogP contribution in [-0.2, 0) is 4.79 Å². The third kappa shape index (κ3) is 5.72. The van der Waals surface area contributed by atoms with E-state index in [-0.39, 0.29) is 18.6 Å². The van der Waals surface area contributed by atoms with Crippen LogP contribution in [0.2, 0.25) is 0 Å². The first-order chi connectivity index (χ1) is 14.0. The van der Waals surface area contributed by atoms with E-state index in [9.17, 15) is 4.79 Å². The zero-order chi connectivity index (χ0) is 20.6. The molecule has 150 valence electrons. The summed E-state index contributed by atoms with van der Waals surface area (Å²) in [7, 11) is 1.58. The number of amides is 1. The lowest BCUT2D eigenvalue weighted by Crippen LogP contribution is -2.24. The molecule has 0 unspecified atom stereocenters. The van der Waals surface area contributed by atoms with Crippen molar-refractivity contribution < 1.29 is 19.0 Å². The number of methoxy groups -OCH3 is 1. The summed E-state index contributed by atoms with van der Waals surface area (Å²) in [4.78, 5) is 12.0. The Morgan fingerprint density at radius 2 is 1.83 bits per heavy atom. The van der Waals surface area contributed by atoms with E-state index < -0.39 is 0 Å². The number of nitrogens with zero attached hydrogens (tertiary/aromatic N) is 1. The molecule has 0 aliphatic rings. The molecule has 0 aromatic heterocycles. The SMILES string of the molecule is COc1cc(/C=N/NC(=O)COc2ccc3ccccc3c2)ccc1OC(C)C. The van der Waals surface area contributed by atoms with Gasteiger partial charge in [0.1, 0.15) is 5.75 Å². The molecule has 0 radical (unpaired) electrons. The molecule has 1 N–H and O–H groups in total. The molecule has 0 saturated heterocycles. The molecule has 6 heteroatoms. The summed E-state index contributed by atoms with van der Waals surface area (Å²) >= 11 is 0. The highest BCUT2D eigenvalue weighted by Gasteiger charge is 2.07. The quantitative estimate of drug-likeness (QED) is 0.462. The average Bonchev–Trinajstić information content (AvgIpc) is 2.72. The number of benzene rings is 3. The van der Waals surface area contributed by atoms with Crippen molar-refractivity contribution in [1.82, 2.24) is 5.43 Å². The summed E-state index contributed by atoms with van der Waals surface area (Å²) in [6.45, 7) is 3.77. The van der Waals surface area contributed by atoms with E-state index in [0.29, 0.717) is 17.2 Å². The molecule has 0 heterocycles. The van der Waals surface area contributed by atoms with Gasteiger partial charge < -0.3 is 14.2 Å². The Labute approximate surface area is 170 Å². The van der Waals surface area contributed by atoms with Crippen molar-refractivity contribution in [2.75, 3.05) is 13.7 Å². The van der Waals surface area contributed by atoms with Crippen molar-refractivity contribution in [1.29, 1.82) is 0 Å². The predicted molar refractivity (Wildman–Crippen MR) is 114 cm³/mol. The monoisotopic (exact) mass is 392 g/mol. The third-order valence-electron chi connectivity index (χ3n) is 4.04. The fourth-order valence-electron chi connectivity index (χ4n) is 2.73. The number of rotatable bonds is 8. The zero-order valence-corrected chi connectivity index (χ0v) is 16.7. The predicted octanol–water partition coefficient (Wildman–Crippen LogP) is 4.16. The Hall–Kier alpha value is -3.54. The van der Waals surface area contributed by atoms with Crippen molar-refractivity contribution in [3.05, 3.63) is 66.2 Å². The molecule has 1 amide bonds. The summed E-state index contributed by atoms with van der Waals surface area (Å²) in [6, 6.07) is 19.1. The summed E-state index contributed by atoms with van der Waals surface area (Å²) in [5.41, 5.74) is 3.23. The van der Waals surface area contributed by atoms with Gasteiger partial charge in [0.25, 0.3) is 5.91 Å². The smallest absolute Gasteiger partial charge is 0.277 e. The maximum absolute atomic E-state index is 12.0. The fourth-order valence-corrected chi connectivity index (χ4v) is 2.73. The maximum Gasteiger partial charge on any atom is 0.277 e. The maximum atomic E-state index is 12.0. The number of fused-ring (bicyclic) bond motifs is 1. The minimum atomic E-state index is -0.346. The van der Waals surface area contributed by atoms with Gasteiger partial charge in [-0.05, 0) is 60.5 Å². The molecule has 0 aliphatic carbocycles. The first-order valence-electron chi connectivity index (χ1n) is 9.33. The van der Waals surface area contributed by atoms with Gasteiger partial charge in [0.05, 0.1) is 19.4 Å². The third-order valence-corrected chi connectivity index (χ3v) is 4.04. The van der Waals surface area contributed by atoms with Crippen molar-refractivity contribution in [2.45, 2.75) is 20.0 Å². The van der Waals surface area contributed by atoms with Gasteiger partial charge in [-0.25, -0.2) is 5.43 Å². The summed E-state index contributed by atoms with van der Waals surface area (Å²) in [6.07, 6.45) is 1.58.